The number of benzene rings is 2. The number of rotatable bonds is 3. The molecular formula is C21H22FN3O3. The van der Waals surface area contributed by atoms with E-state index in [4.69, 9.17) is 0 Å². The van der Waals surface area contributed by atoms with Crippen molar-refractivity contribution >= 4 is 23.2 Å². The van der Waals surface area contributed by atoms with Crippen molar-refractivity contribution in [2.75, 3.05) is 42.5 Å². The number of aromatic hydroxyl groups is 1. The summed E-state index contributed by atoms with van der Waals surface area (Å²) >= 11 is 0. The normalized spacial score (nSPS) is 20.0. The molecule has 1 atom stereocenters. The Bertz CT molecular complexity index is 896. The van der Waals surface area contributed by atoms with Crippen LogP contribution in [0.3, 0.4) is 0 Å². The van der Waals surface area contributed by atoms with Crippen molar-refractivity contribution in [2.24, 2.45) is 5.92 Å². The van der Waals surface area contributed by atoms with Gasteiger partial charge in [-0.15, -0.1) is 0 Å². The maximum absolute atomic E-state index is 14.0. The van der Waals surface area contributed by atoms with Gasteiger partial charge < -0.3 is 19.8 Å². The summed E-state index contributed by atoms with van der Waals surface area (Å²) in [5.74, 6) is -0.978. The van der Waals surface area contributed by atoms with Crippen LogP contribution < -0.4 is 9.80 Å². The number of phenolic OH excluding ortho intramolecular Hbond substituents is 1. The lowest BCUT2D eigenvalue weighted by Gasteiger charge is -2.37. The third-order valence-electron chi connectivity index (χ3n) is 5.43. The van der Waals surface area contributed by atoms with Crippen LogP contribution in [0.4, 0.5) is 15.8 Å². The summed E-state index contributed by atoms with van der Waals surface area (Å²) in [5.41, 5.74) is 0.989. The van der Waals surface area contributed by atoms with Crippen LogP contribution in [0, 0.1) is 11.7 Å². The summed E-state index contributed by atoms with van der Waals surface area (Å²) in [6.07, 6.45) is 0.104. The van der Waals surface area contributed by atoms with Gasteiger partial charge >= 0.3 is 0 Å². The van der Waals surface area contributed by atoms with E-state index in [0.29, 0.717) is 26.2 Å². The van der Waals surface area contributed by atoms with E-state index in [1.807, 2.05) is 17.0 Å². The second-order valence-electron chi connectivity index (χ2n) is 7.16. The molecule has 2 heterocycles. The molecule has 146 valence electrons. The molecule has 2 aromatic carbocycles. The molecule has 0 aromatic heterocycles. The third-order valence-corrected chi connectivity index (χ3v) is 5.43. The number of phenols is 1. The Labute approximate surface area is 162 Å². The Kier molecular flexibility index (Phi) is 4.90. The van der Waals surface area contributed by atoms with E-state index < -0.39 is 11.7 Å². The number of hydrogen-bond donors (Lipinski definition) is 1. The van der Waals surface area contributed by atoms with E-state index in [9.17, 15) is 19.1 Å². The maximum Gasteiger partial charge on any atom is 0.228 e. The van der Waals surface area contributed by atoms with E-state index in [1.165, 1.54) is 11.0 Å². The summed E-state index contributed by atoms with van der Waals surface area (Å²) in [7, 11) is 0. The minimum absolute atomic E-state index is 0.0656. The number of piperazine rings is 1. The van der Waals surface area contributed by atoms with Gasteiger partial charge in [-0.1, -0.05) is 24.3 Å². The van der Waals surface area contributed by atoms with Gasteiger partial charge in [-0.2, -0.15) is 0 Å². The number of amides is 2. The molecular weight excluding hydrogens is 361 g/mol. The third kappa shape index (κ3) is 3.40. The van der Waals surface area contributed by atoms with Crippen molar-refractivity contribution in [3.8, 4) is 5.75 Å². The second-order valence-corrected chi connectivity index (χ2v) is 7.16. The van der Waals surface area contributed by atoms with Crippen LogP contribution in [0.1, 0.15) is 6.42 Å². The predicted octanol–water partition coefficient (Wildman–Crippen LogP) is 2.23. The minimum Gasteiger partial charge on any atom is -0.506 e. The molecule has 4 rings (SSSR count). The molecule has 2 aliphatic heterocycles. The molecule has 0 aliphatic carbocycles. The first-order valence-electron chi connectivity index (χ1n) is 9.41. The largest absolute Gasteiger partial charge is 0.506 e. The SMILES string of the molecule is O=C(C1CC(=O)N(c2ccccc2F)C1)N1CCN(c2ccccc2O)CC1. The molecule has 2 fully saturated rings. The lowest BCUT2D eigenvalue weighted by atomic mass is 10.1. The molecule has 1 unspecified atom stereocenters. The van der Waals surface area contributed by atoms with E-state index in [2.05, 4.69) is 0 Å². The molecule has 2 aromatic rings. The molecule has 0 saturated carbocycles. The van der Waals surface area contributed by atoms with Crippen molar-refractivity contribution in [1.82, 2.24) is 4.90 Å². The number of halogens is 1. The highest BCUT2D eigenvalue weighted by Crippen LogP contribution is 2.30. The number of carbonyl (C=O) groups is 2. The lowest BCUT2D eigenvalue weighted by molar-refractivity contribution is -0.136. The smallest absolute Gasteiger partial charge is 0.228 e. The fourth-order valence-corrected chi connectivity index (χ4v) is 3.93. The quantitative estimate of drug-likeness (QED) is 0.883. The lowest BCUT2D eigenvalue weighted by Crippen LogP contribution is -2.50. The Morgan fingerprint density at radius 2 is 1.61 bits per heavy atom. The average Bonchev–Trinajstić information content (AvgIpc) is 3.10. The highest BCUT2D eigenvalue weighted by Gasteiger charge is 2.38. The highest BCUT2D eigenvalue weighted by atomic mass is 19.1. The van der Waals surface area contributed by atoms with Gasteiger partial charge in [-0.25, -0.2) is 4.39 Å². The van der Waals surface area contributed by atoms with Crippen LogP contribution in [-0.2, 0) is 9.59 Å². The van der Waals surface area contributed by atoms with Crippen LogP contribution in [0.2, 0.25) is 0 Å². The van der Waals surface area contributed by atoms with Crippen molar-refractivity contribution in [3.05, 3.63) is 54.3 Å². The molecule has 6 nitrogen and oxygen atoms in total. The minimum atomic E-state index is -0.458. The fraction of sp³-hybridized carbons (Fsp3) is 0.333. The van der Waals surface area contributed by atoms with Crippen LogP contribution in [0.5, 0.6) is 5.75 Å². The molecule has 0 spiro atoms. The van der Waals surface area contributed by atoms with Crippen LogP contribution in [0.15, 0.2) is 48.5 Å². The number of carbonyl (C=O) groups excluding carboxylic acids is 2. The van der Waals surface area contributed by atoms with Crippen LogP contribution in [-0.4, -0.2) is 54.5 Å². The van der Waals surface area contributed by atoms with Crippen molar-refractivity contribution in [3.63, 3.8) is 0 Å². The fourth-order valence-electron chi connectivity index (χ4n) is 3.93. The zero-order valence-electron chi connectivity index (χ0n) is 15.4. The molecule has 0 bridgehead atoms. The van der Waals surface area contributed by atoms with Crippen molar-refractivity contribution < 1.29 is 19.1 Å². The number of anilines is 2. The van der Waals surface area contributed by atoms with Gasteiger partial charge in [0.15, 0.2) is 0 Å². The average molecular weight is 383 g/mol. The first-order valence-corrected chi connectivity index (χ1v) is 9.41. The molecule has 28 heavy (non-hydrogen) atoms. The summed E-state index contributed by atoms with van der Waals surface area (Å²) in [4.78, 5) is 30.4. The Morgan fingerprint density at radius 1 is 0.964 bits per heavy atom. The second kappa shape index (κ2) is 7.50. The molecule has 2 amide bonds. The van der Waals surface area contributed by atoms with Gasteiger partial charge in [0.05, 0.1) is 17.3 Å². The molecule has 0 radical (unpaired) electrons. The maximum atomic E-state index is 14.0. The first-order chi connectivity index (χ1) is 13.5. The standard InChI is InChI=1S/C21H22FN3O3/c22-16-5-1-2-6-17(16)25-14-15(13-20(25)27)21(28)24-11-9-23(10-12-24)18-7-3-4-8-19(18)26/h1-8,15,26H,9-14H2. The van der Waals surface area contributed by atoms with Crippen molar-refractivity contribution in [1.29, 1.82) is 0 Å². The van der Waals surface area contributed by atoms with E-state index in [0.717, 1.165) is 5.69 Å². The highest BCUT2D eigenvalue weighted by molar-refractivity contribution is 6.00. The van der Waals surface area contributed by atoms with E-state index >= 15 is 0 Å². The van der Waals surface area contributed by atoms with Gasteiger partial charge in [-0.05, 0) is 24.3 Å². The number of hydrogen-bond acceptors (Lipinski definition) is 4. The zero-order valence-corrected chi connectivity index (χ0v) is 15.4. The monoisotopic (exact) mass is 383 g/mol. The van der Waals surface area contributed by atoms with Crippen LogP contribution in [0.25, 0.3) is 0 Å². The Balaban J connectivity index is 1.39. The first kappa shape index (κ1) is 18.3. The molecule has 7 heteroatoms. The number of para-hydroxylation sites is 3. The molecule has 2 aliphatic rings. The summed E-state index contributed by atoms with van der Waals surface area (Å²) in [6, 6.07) is 13.3. The molecule has 2 saturated heterocycles. The Morgan fingerprint density at radius 3 is 2.29 bits per heavy atom. The van der Waals surface area contributed by atoms with Crippen LogP contribution >= 0.6 is 0 Å². The van der Waals surface area contributed by atoms with E-state index in [1.54, 1.807) is 35.2 Å². The van der Waals surface area contributed by atoms with Gasteiger partial charge in [-0.3, -0.25) is 9.59 Å². The van der Waals surface area contributed by atoms with Gasteiger partial charge in [0, 0.05) is 39.1 Å². The summed E-state index contributed by atoms with van der Waals surface area (Å²) < 4.78 is 14.0. The Hall–Kier alpha value is -3.09. The van der Waals surface area contributed by atoms with Gasteiger partial charge in [0.2, 0.25) is 11.8 Å². The van der Waals surface area contributed by atoms with Gasteiger partial charge in [0.25, 0.3) is 0 Å². The number of nitrogens with zero attached hydrogens (tertiary/aromatic N) is 3. The van der Waals surface area contributed by atoms with E-state index in [-0.39, 0.29) is 36.2 Å². The molecule has 1 N–H and O–H groups in total. The summed E-state index contributed by atoms with van der Waals surface area (Å²) in [6.45, 7) is 2.48. The zero-order chi connectivity index (χ0) is 19.7. The van der Waals surface area contributed by atoms with Gasteiger partial charge in [0.1, 0.15) is 11.6 Å². The van der Waals surface area contributed by atoms with Crippen molar-refractivity contribution in [2.45, 2.75) is 6.42 Å². The predicted molar refractivity (Wildman–Crippen MR) is 104 cm³/mol. The topological polar surface area (TPSA) is 64.1 Å². The summed E-state index contributed by atoms with van der Waals surface area (Å²) in [5, 5.41) is 10.0.